The highest BCUT2D eigenvalue weighted by Crippen LogP contribution is 2.17. The maximum atomic E-state index is 5.98. The van der Waals surface area contributed by atoms with Crippen molar-refractivity contribution >= 4 is 11.6 Å². The summed E-state index contributed by atoms with van der Waals surface area (Å²) < 4.78 is 5.60. The quantitative estimate of drug-likeness (QED) is 0.712. The zero-order valence-electron chi connectivity index (χ0n) is 10.5. The second-order valence-corrected chi connectivity index (χ2v) is 4.81. The fourth-order valence-electron chi connectivity index (χ4n) is 1.68. The molecule has 0 aliphatic heterocycles. The lowest BCUT2D eigenvalue weighted by Gasteiger charge is -2.13. The topological polar surface area (TPSA) is 35.2 Å². The van der Waals surface area contributed by atoms with E-state index in [9.17, 15) is 0 Å². The summed E-state index contributed by atoms with van der Waals surface area (Å²) in [6.07, 6.45) is 6.03. The minimum absolute atomic E-state index is 0.117. The van der Waals surface area contributed by atoms with Crippen LogP contribution in [0.25, 0.3) is 0 Å². The van der Waals surface area contributed by atoms with Gasteiger partial charge < -0.3 is 10.5 Å². The largest absolute Gasteiger partial charge is 0.492 e. The van der Waals surface area contributed by atoms with Gasteiger partial charge in [0.1, 0.15) is 12.4 Å². The van der Waals surface area contributed by atoms with E-state index in [4.69, 9.17) is 22.1 Å². The van der Waals surface area contributed by atoms with E-state index in [-0.39, 0.29) is 6.04 Å². The molecular formula is C14H22ClNO. The highest BCUT2D eigenvalue weighted by atomic mass is 35.5. The van der Waals surface area contributed by atoms with Gasteiger partial charge in [-0.15, -0.1) is 0 Å². The van der Waals surface area contributed by atoms with Gasteiger partial charge in [0.25, 0.3) is 0 Å². The number of ether oxygens (including phenoxy) is 1. The number of halogens is 1. The molecule has 1 aromatic rings. The van der Waals surface area contributed by atoms with Crippen molar-refractivity contribution in [1.29, 1.82) is 0 Å². The number of hydrogen-bond acceptors (Lipinski definition) is 2. The molecule has 0 aliphatic rings. The van der Waals surface area contributed by atoms with E-state index in [1.807, 2.05) is 24.3 Å². The third-order valence-electron chi connectivity index (χ3n) is 2.69. The molecule has 0 aliphatic carbocycles. The monoisotopic (exact) mass is 255 g/mol. The molecule has 96 valence electrons. The van der Waals surface area contributed by atoms with Gasteiger partial charge in [-0.05, 0) is 24.6 Å². The van der Waals surface area contributed by atoms with Crippen molar-refractivity contribution < 1.29 is 4.74 Å². The Morgan fingerprint density at radius 2 is 2.12 bits per heavy atom. The van der Waals surface area contributed by atoms with Gasteiger partial charge in [0, 0.05) is 11.1 Å². The maximum Gasteiger partial charge on any atom is 0.120 e. The van der Waals surface area contributed by atoms with Crippen LogP contribution in [0, 0.1) is 0 Å². The molecule has 1 aromatic carbocycles. The van der Waals surface area contributed by atoms with Crippen LogP contribution in [0.2, 0.25) is 5.02 Å². The van der Waals surface area contributed by atoms with E-state index in [0.29, 0.717) is 11.6 Å². The molecule has 0 amide bonds. The lowest BCUT2D eigenvalue weighted by atomic mass is 10.1. The van der Waals surface area contributed by atoms with E-state index < -0.39 is 0 Å². The van der Waals surface area contributed by atoms with Gasteiger partial charge >= 0.3 is 0 Å². The minimum atomic E-state index is 0.117. The molecule has 1 unspecified atom stereocenters. The average Bonchev–Trinajstić information content (AvgIpc) is 2.32. The van der Waals surface area contributed by atoms with E-state index in [2.05, 4.69) is 6.92 Å². The second kappa shape index (κ2) is 8.37. The zero-order chi connectivity index (χ0) is 12.5. The standard InChI is InChI=1S/C14H22ClNO/c1-2-3-4-5-8-13(16)11-17-14-9-6-7-12(15)10-14/h6-7,9-10,13H,2-5,8,11,16H2,1H3. The highest BCUT2D eigenvalue weighted by Gasteiger charge is 2.03. The predicted molar refractivity (Wildman–Crippen MR) is 73.7 cm³/mol. The van der Waals surface area contributed by atoms with Crippen molar-refractivity contribution in [3.8, 4) is 5.75 Å². The van der Waals surface area contributed by atoms with Gasteiger partial charge in [-0.25, -0.2) is 0 Å². The summed E-state index contributed by atoms with van der Waals surface area (Å²) >= 11 is 5.87. The summed E-state index contributed by atoms with van der Waals surface area (Å²) in [5, 5.41) is 0.694. The van der Waals surface area contributed by atoms with E-state index >= 15 is 0 Å². The van der Waals surface area contributed by atoms with Gasteiger partial charge in [-0.2, -0.15) is 0 Å². The first-order valence-corrected chi connectivity index (χ1v) is 6.74. The van der Waals surface area contributed by atoms with Gasteiger partial charge in [-0.3, -0.25) is 0 Å². The maximum absolute atomic E-state index is 5.98. The van der Waals surface area contributed by atoms with Crippen molar-refractivity contribution in [2.45, 2.75) is 45.1 Å². The average molecular weight is 256 g/mol. The predicted octanol–water partition coefficient (Wildman–Crippen LogP) is 4.02. The molecule has 2 nitrogen and oxygen atoms in total. The Morgan fingerprint density at radius 3 is 2.82 bits per heavy atom. The van der Waals surface area contributed by atoms with Gasteiger partial charge in [0.15, 0.2) is 0 Å². The van der Waals surface area contributed by atoms with Crippen molar-refractivity contribution in [3.05, 3.63) is 29.3 Å². The normalized spacial score (nSPS) is 12.4. The Bertz CT molecular complexity index is 317. The van der Waals surface area contributed by atoms with Crippen molar-refractivity contribution in [3.63, 3.8) is 0 Å². The van der Waals surface area contributed by atoms with Crippen molar-refractivity contribution in [2.75, 3.05) is 6.61 Å². The summed E-state index contributed by atoms with van der Waals surface area (Å²) in [4.78, 5) is 0. The molecule has 0 fully saturated rings. The fraction of sp³-hybridized carbons (Fsp3) is 0.571. The highest BCUT2D eigenvalue weighted by molar-refractivity contribution is 6.30. The molecule has 0 saturated carbocycles. The number of nitrogens with two attached hydrogens (primary N) is 1. The van der Waals surface area contributed by atoms with E-state index in [1.165, 1.54) is 25.7 Å². The van der Waals surface area contributed by atoms with Crippen LogP contribution in [-0.4, -0.2) is 12.6 Å². The summed E-state index contributed by atoms with van der Waals surface area (Å²) in [6.45, 7) is 2.77. The van der Waals surface area contributed by atoms with Crippen LogP contribution in [-0.2, 0) is 0 Å². The van der Waals surface area contributed by atoms with E-state index in [1.54, 1.807) is 0 Å². The Kier molecular flexibility index (Phi) is 7.06. The summed E-state index contributed by atoms with van der Waals surface area (Å²) in [5.41, 5.74) is 5.98. The molecule has 1 rings (SSSR count). The minimum Gasteiger partial charge on any atom is -0.492 e. The van der Waals surface area contributed by atoms with Gasteiger partial charge in [0.2, 0.25) is 0 Å². The van der Waals surface area contributed by atoms with Crippen LogP contribution in [0.15, 0.2) is 24.3 Å². The SMILES string of the molecule is CCCCCCC(N)COc1cccc(Cl)c1. The molecule has 0 saturated heterocycles. The molecule has 0 radical (unpaired) electrons. The van der Waals surface area contributed by atoms with Crippen LogP contribution in [0.5, 0.6) is 5.75 Å². The van der Waals surface area contributed by atoms with Crippen LogP contribution in [0.3, 0.4) is 0 Å². The molecule has 0 bridgehead atoms. The smallest absolute Gasteiger partial charge is 0.120 e. The van der Waals surface area contributed by atoms with Gasteiger partial charge in [0.05, 0.1) is 0 Å². The Morgan fingerprint density at radius 1 is 1.29 bits per heavy atom. The van der Waals surface area contributed by atoms with Crippen LogP contribution in [0.4, 0.5) is 0 Å². The van der Waals surface area contributed by atoms with Crippen LogP contribution >= 0.6 is 11.6 Å². The number of hydrogen-bond donors (Lipinski definition) is 1. The molecule has 3 heteroatoms. The molecule has 17 heavy (non-hydrogen) atoms. The van der Waals surface area contributed by atoms with Crippen LogP contribution in [0.1, 0.15) is 39.0 Å². The Labute approximate surface area is 109 Å². The first-order valence-electron chi connectivity index (χ1n) is 6.36. The number of unbranched alkanes of at least 4 members (excludes halogenated alkanes) is 3. The molecule has 0 spiro atoms. The Balaban J connectivity index is 2.17. The second-order valence-electron chi connectivity index (χ2n) is 4.38. The fourth-order valence-corrected chi connectivity index (χ4v) is 1.86. The molecule has 1 atom stereocenters. The third kappa shape index (κ3) is 6.54. The van der Waals surface area contributed by atoms with Crippen molar-refractivity contribution in [1.82, 2.24) is 0 Å². The van der Waals surface area contributed by atoms with Crippen molar-refractivity contribution in [2.24, 2.45) is 5.73 Å². The van der Waals surface area contributed by atoms with Gasteiger partial charge in [-0.1, -0.05) is 50.3 Å². The molecule has 2 N–H and O–H groups in total. The first-order chi connectivity index (χ1) is 8.22. The van der Waals surface area contributed by atoms with E-state index in [0.717, 1.165) is 12.2 Å². The number of rotatable bonds is 8. The Hall–Kier alpha value is -0.730. The summed E-state index contributed by atoms with van der Waals surface area (Å²) in [5.74, 6) is 0.793. The molecular weight excluding hydrogens is 234 g/mol. The lowest BCUT2D eigenvalue weighted by Crippen LogP contribution is -2.27. The number of benzene rings is 1. The zero-order valence-corrected chi connectivity index (χ0v) is 11.2. The first kappa shape index (κ1) is 14.3. The lowest BCUT2D eigenvalue weighted by molar-refractivity contribution is 0.279. The molecule has 0 heterocycles. The molecule has 0 aromatic heterocycles. The summed E-state index contributed by atoms with van der Waals surface area (Å²) in [7, 11) is 0. The summed E-state index contributed by atoms with van der Waals surface area (Å²) in [6, 6.07) is 7.54. The van der Waals surface area contributed by atoms with Crippen LogP contribution < -0.4 is 10.5 Å². The third-order valence-corrected chi connectivity index (χ3v) is 2.92.